The van der Waals surface area contributed by atoms with Crippen LogP contribution < -0.4 is 14.5 Å². The topological polar surface area (TPSA) is 32.8 Å². The summed E-state index contributed by atoms with van der Waals surface area (Å²) >= 11 is 0. The second kappa shape index (κ2) is 14.4. The van der Waals surface area contributed by atoms with E-state index in [2.05, 4.69) is 135 Å². The highest BCUT2D eigenvalue weighted by Crippen LogP contribution is 2.37. The van der Waals surface area contributed by atoms with Gasteiger partial charge in [-0.3, -0.25) is 4.79 Å². The van der Waals surface area contributed by atoms with Crippen molar-refractivity contribution in [2.45, 2.75) is 40.5 Å². The van der Waals surface area contributed by atoms with Gasteiger partial charge in [-0.15, -0.1) is 0 Å². The van der Waals surface area contributed by atoms with Gasteiger partial charge in [0.15, 0.2) is 0 Å². The van der Waals surface area contributed by atoms with E-state index in [-0.39, 0.29) is 0 Å². The molecule has 48 heavy (non-hydrogen) atoms. The van der Waals surface area contributed by atoms with Gasteiger partial charge >= 0.3 is 0 Å². The summed E-state index contributed by atoms with van der Waals surface area (Å²) in [6.07, 6.45) is 2.77. The van der Waals surface area contributed by atoms with E-state index >= 15 is 0 Å². The minimum Gasteiger partial charge on any atom is -0.497 e. The molecule has 0 aliphatic rings. The van der Waals surface area contributed by atoms with E-state index in [0.29, 0.717) is 5.56 Å². The molecule has 0 spiro atoms. The molecule has 6 rings (SSSR count). The zero-order valence-corrected chi connectivity index (χ0v) is 28.4. The highest BCUT2D eigenvalue weighted by atomic mass is 16.5. The molecule has 4 nitrogen and oxygen atoms in total. The molecule has 0 saturated heterocycles. The number of aryl methyl sites for hydroxylation is 6. The van der Waals surface area contributed by atoms with Crippen LogP contribution in [0.15, 0.2) is 133 Å². The van der Waals surface area contributed by atoms with Gasteiger partial charge < -0.3 is 14.5 Å². The van der Waals surface area contributed by atoms with Crippen molar-refractivity contribution in [3.63, 3.8) is 0 Å². The third-order valence-electron chi connectivity index (χ3n) is 9.21. The van der Waals surface area contributed by atoms with E-state index in [1.165, 1.54) is 33.4 Å². The molecule has 0 aliphatic carbocycles. The first kappa shape index (κ1) is 32.3. The lowest BCUT2D eigenvalue weighted by molar-refractivity contribution is 0.112. The standard InChI is InChI=1S/C44H42N2O2/c1-31-6-16-42(28-33(31)3)45(40-22-14-37(30-47)15-23-40)38-18-10-35(11-19-38)8-9-36-12-20-39(21-13-36)46(41-24-26-44(48-5)27-25-41)43-17-7-32(2)34(4)29-43/h6-7,10-30H,8-9H2,1-5H3. The van der Waals surface area contributed by atoms with Crippen molar-refractivity contribution in [3.8, 4) is 5.75 Å². The molecule has 0 saturated carbocycles. The molecule has 0 aromatic heterocycles. The van der Waals surface area contributed by atoms with E-state index in [1.54, 1.807) is 7.11 Å². The zero-order chi connectivity index (χ0) is 33.6. The predicted octanol–water partition coefficient (Wildman–Crippen LogP) is 11.5. The smallest absolute Gasteiger partial charge is 0.150 e. The lowest BCUT2D eigenvalue weighted by atomic mass is 10.0. The van der Waals surface area contributed by atoms with Crippen molar-refractivity contribution in [1.82, 2.24) is 0 Å². The minimum atomic E-state index is 0.667. The van der Waals surface area contributed by atoms with Gasteiger partial charge in [0, 0.05) is 39.7 Å². The fourth-order valence-corrected chi connectivity index (χ4v) is 5.97. The Morgan fingerprint density at radius 1 is 0.458 bits per heavy atom. The summed E-state index contributed by atoms with van der Waals surface area (Å²) in [5.41, 5.74) is 14.8. The number of ether oxygens (including phenoxy) is 1. The summed E-state index contributed by atoms with van der Waals surface area (Å²) < 4.78 is 5.42. The summed E-state index contributed by atoms with van der Waals surface area (Å²) in [7, 11) is 1.70. The molecule has 0 N–H and O–H groups in total. The van der Waals surface area contributed by atoms with Crippen molar-refractivity contribution in [2.75, 3.05) is 16.9 Å². The zero-order valence-electron chi connectivity index (χ0n) is 28.4. The number of nitrogens with zero attached hydrogens (tertiary/aromatic N) is 2. The summed E-state index contributed by atoms with van der Waals surface area (Å²) in [4.78, 5) is 15.8. The number of carbonyl (C=O) groups excluding carboxylic acids is 1. The lowest BCUT2D eigenvalue weighted by Crippen LogP contribution is -2.10. The van der Waals surface area contributed by atoms with Crippen LogP contribution in [0.1, 0.15) is 43.7 Å². The maximum Gasteiger partial charge on any atom is 0.150 e. The van der Waals surface area contributed by atoms with Crippen LogP contribution in [0.5, 0.6) is 5.75 Å². The average Bonchev–Trinajstić information content (AvgIpc) is 3.12. The molecular formula is C44H42N2O2. The van der Waals surface area contributed by atoms with E-state index in [0.717, 1.165) is 59.0 Å². The van der Waals surface area contributed by atoms with Gasteiger partial charge in [0.1, 0.15) is 12.0 Å². The second-order valence-corrected chi connectivity index (χ2v) is 12.4. The average molecular weight is 631 g/mol. The van der Waals surface area contributed by atoms with Crippen LogP contribution >= 0.6 is 0 Å². The Morgan fingerprint density at radius 2 is 0.812 bits per heavy atom. The van der Waals surface area contributed by atoms with Crippen LogP contribution in [-0.4, -0.2) is 13.4 Å². The number of carbonyl (C=O) groups is 1. The number of hydrogen-bond donors (Lipinski definition) is 0. The summed E-state index contributed by atoms with van der Waals surface area (Å²) in [6.45, 7) is 8.58. The highest BCUT2D eigenvalue weighted by molar-refractivity contribution is 5.81. The quantitative estimate of drug-likeness (QED) is 0.133. The van der Waals surface area contributed by atoms with Gasteiger partial charge in [-0.05, 0) is 171 Å². The molecule has 0 radical (unpaired) electrons. The molecule has 0 heterocycles. The fraction of sp³-hybridized carbons (Fsp3) is 0.159. The maximum atomic E-state index is 11.3. The first-order chi connectivity index (χ1) is 23.3. The van der Waals surface area contributed by atoms with Crippen molar-refractivity contribution in [3.05, 3.63) is 172 Å². The van der Waals surface area contributed by atoms with Gasteiger partial charge in [-0.1, -0.05) is 36.4 Å². The molecule has 0 unspecified atom stereocenters. The van der Waals surface area contributed by atoms with Gasteiger partial charge in [0.2, 0.25) is 0 Å². The van der Waals surface area contributed by atoms with Crippen molar-refractivity contribution < 1.29 is 9.53 Å². The monoisotopic (exact) mass is 630 g/mol. The van der Waals surface area contributed by atoms with Gasteiger partial charge in [-0.2, -0.15) is 0 Å². The van der Waals surface area contributed by atoms with Crippen LogP contribution in [0.2, 0.25) is 0 Å². The third-order valence-corrected chi connectivity index (χ3v) is 9.21. The molecule has 6 aromatic rings. The number of methoxy groups -OCH3 is 1. The molecule has 0 bridgehead atoms. The normalized spacial score (nSPS) is 10.9. The van der Waals surface area contributed by atoms with Crippen LogP contribution in [0, 0.1) is 27.7 Å². The first-order valence-corrected chi connectivity index (χ1v) is 16.4. The van der Waals surface area contributed by atoms with E-state index in [9.17, 15) is 4.79 Å². The van der Waals surface area contributed by atoms with Gasteiger partial charge in [0.25, 0.3) is 0 Å². The van der Waals surface area contributed by atoms with E-state index in [4.69, 9.17) is 4.74 Å². The largest absolute Gasteiger partial charge is 0.497 e. The Kier molecular flexibility index (Phi) is 9.73. The first-order valence-electron chi connectivity index (χ1n) is 16.4. The van der Waals surface area contributed by atoms with Crippen molar-refractivity contribution in [1.29, 1.82) is 0 Å². The van der Waals surface area contributed by atoms with Crippen LogP contribution in [0.4, 0.5) is 34.1 Å². The van der Waals surface area contributed by atoms with Crippen molar-refractivity contribution >= 4 is 40.4 Å². The van der Waals surface area contributed by atoms with E-state index in [1.807, 2.05) is 36.4 Å². The minimum absolute atomic E-state index is 0.667. The van der Waals surface area contributed by atoms with E-state index < -0.39 is 0 Å². The lowest BCUT2D eigenvalue weighted by Gasteiger charge is -2.26. The number of aldehydes is 1. The summed E-state index contributed by atoms with van der Waals surface area (Å²) in [5, 5.41) is 0. The Balaban J connectivity index is 1.21. The Morgan fingerprint density at radius 3 is 1.17 bits per heavy atom. The Labute approximate surface area is 284 Å². The van der Waals surface area contributed by atoms with Gasteiger partial charge in [-0.25, -0.2) is 0 Å². The number of hydrogen-bond acceptors (Lipinski definition) is 4. The molecule has 0 atom stereocenters. The van der Waals surface area contributed by atoms with Gasteiger partial charge in [0.05, 0.1) is 7.11 Å². The SMILES string of the molecule is COc1ccc(N(c2ccc(CCc3ccc(N(c4ccc(C=O)cc4)c4ccc(C)c(C)c4)cc3)cc2)c2ccc(C)c(C)c2)cc1. The molecule has 4 heteroatoms. The fourth-order valence-electron chi connectivity index (χ4n) is 5.97. The molecule has 0 aliphatic heterocycles. The predicted molar refractivity (Wildman–Crippen MR) is 201 cm³/mol. The van der Waals surface area contributed by atoms with Crippen LogP contribution in [0.25, 0.3) is 0 Å². The summed E-state index contributed by atoms with van der Waals surface area (Å²) in [5.74, 6) is 0.841. The molecule has 6 aromatic carbocycles. The van der Waals surface area contributed by atoms with Crippen molar-refractivity contribution in [2.24, 2.45) is 0 Å². The molecular weight excluding hydrogens is 588 g/mol. The number of anilines is 6. The molecule has 240 valence electrons. The molecule has 0 amide bonds. The van der Waals surface area contributed by atoms with Crippen LogP contribution in [-0.2, 0) is 12.8 Å². The summed E-state index contributed by atoms with van der Waals surface area (Å²) in [6, 6.07) is 46.9. The maximum absolute atomic E-state index is 11.3. The number of benzene rings is 6. The molecule has 0 fully saturated rings. The van der Waals surface area contributed by atoms with Crippen LogP contribution in [0.3, 0.4) is 0 Å². The highest BCUT2D eigenvalue weighted by Gasteiger charge is 2.15. The third kappa shape index (κ3) is 7.19. The Hall–Kier alpha value is -5.61. The second-order valence-electron chi connectivity index (χ2n) is 12.4. The Bertz CT molecular complexity index is 2000. The number of rotatable bonds is 11.